The molecule has 1 N–H and O–H groups in total. The number of carboxylic acids is 1. The Morgan fingerprint density at radius 2 is 1.25 bits per heavy atom. The Morgan fingerprint density at radius 1 is 0.875 bits per heavy atom. The summed E-state index contributed by atoms with van der Waals surface area (Å²) in [6.45, 7) is -1.56. The van der Waals surface area contributed by atoms with Gasteiger partial charge in [0.05, 0.1) is 6.42 Å². The molecule has 0 aromatic carbocycles. The van der Waals surface area contributed by atoms with Gasteiger partial charge in [-0.2, -0.15) is 57.1 Å². The van der Waals surface area contributed by atoms with E-state index in [4.69, 9.17) is 5.11 Å². The van der Waals surface area contributed by atoms with E-state index in [0.29, 0.717) is 0 Å². The van der Waals surface area contributed by atoms with Crippen molar-refractivity contribution < 1.29 is 80.9 Å². The van der Waals surface area contributed by atoms with Crippen molar-refractivity contribution in [2.24, 2.45) is 0 Å². The molecule has 1 aliphatic rings. The molecule has 20 heteroatoms. The molecular formula is C12H8F14N2O4. The van der Waals surface area contributed by atoms with E-state index in [2.05, 4.69) is 0 Å². The Bertz CT molecular complexity index is 743. The van der Waals surface area contributed by atoms with E-state index in [0.717, 1.165) is 0 Å². The molecule has 0 aliphatic carbocycles. The molecule has 1 fully saturated rings. The van der Waals surface area contributed by atoms with E-state index in [1.807, 2.05) is 0 Å². The fourth-order valence-electron chi connectivity index (χ4n) is 2.28. The maximum absolute atomic E-state index is 14.6. The van der Waals surface area contributed by atoms with E-state index < -0.39 is 76.8 Å². The summed E-state index contributed by atoms with van der Waals surface area (Å²) < 4.78 is 191. The minimum Gasteiger partial charge on any atom is -0.481 e. The Kier molecular flexibility index (Phi) is 6.50. The van der Waals surface area contributed by atoms with Crippen LogP contribution in [0.5, 0.6) is 0 Å². The second-order valence-electron chi connectivity index (χ2n) is 6.12. The molecule has 0 radical (unpaired) electrons. The number of carboxylic acid groups (broad SMARTS) is 1. The molecule has 0 saturated carbocycles. The smallest absolute Gasteiger partial charge is 0.439 e. The second-order valence-corrected chi connectivity index (χ2v) is 6.12. The topological polar surface area (TPSA) is 70.1 Å². The van der Waals surface area contributed by atoms with Crippen LogP contribution in [0, 0.1) is 0 Å². The van der Waals surface area contributed by atoms with Crippen LogP contribution < -0.4 is 0 Å². The summed E-state index contributed by atoms with van der Waals surface area (Å²) >= 11 is 0. The van der Waals surface area contributed by atoms with E-state index >= 15 is 0 Å². The number of hydrogen-bond donors (Lipinski definition) is 1. The van der Waals surface area contributed by atoms with E-state index in [-0.39, 0.29) is 7.05 Å². The van der Waals surface area contributed by atoms with Crippen LogP contribution in [-0.2, 0) is 14.3 Å². The first-order chi connectivity index (χ1) is 13.8. The number of halogens is 14. The van der Waals surface area contributed by atoms with Gasteiger partial charge in [0.2, 0.25) is 0 Å². The quantitative estimate of drug-likeness (QED) is 0.438. The van der Waals surface area contributed by atoms with Crippen molar-refractivity contribution in [2.75, 3.05) is 13.6 Å². The Morgan fingerprint density at radius 3 is 1.56 bits per heavy atom. The number of nitrogens with zero attached hydrogens (tertiary/aromatic N) is 2. The molecule has 188 valence electrons. The Balaban J connectivity index is 3.83. The van der Waals surface area contributed by atoms with Crippen LogP contribution in [-0.4, -0.2) is 82.6 Å². The van der Waals surface area contributed by atoms with Gasteiger partial charge in [0.1, 0.15) is 0 Å². The highest BCUT2D eigenvalue weighted by Gasteiger charge is 2.92. The summed E-state index contributed by atoms with van der Waals surface area (Å²) in [5.41, 5.74) is -7.29. The number of aliphatic carboxylic acids is 1. The summed E-state index contributed by atoms with van der Waals surface area (Å²) in [5, 5.41) is 8.33. The standard InChI is InChI=1S/C12H8F14N2O4/c1-27(3-2-4(29)30)5(31)6(13,7(14,15)16)8(17,18)28-9(19,20)11(23,24)32-12(25,26)10(28,21)22/h2-3H2,1H3,(H,29,30). The Labute approximate surface area is 166 Å². The minimum atomic E-state index is -7.86. The number of rotatable bonds is 6. The normalized spacial score (nSPS) is 24.5. The lowest BCUT2D eigenvalue weighted by Crippen LogP contribution is -2.83. The number of amides is 1. The molecule has 1 rings (SSSR count). The lowest BCUT2D eigenvalue weighted by molar-refractivity contribution is -0.592. The third kappa shape index (κ3) is 3.79. The largest absolute Gasteiger partial charge is 0.481 e. The lowest BCUT2D eigenvalue weighted by atomic mass is 9.97. The first-order valence-electron chi connectivity index (χ1n) is 7.45. The molecule has 0 spiro atoms. The van der Waals surface area contributed by atoms with Gasteiger partial charge in [-0.05, 0) is 0 Å². The van der Waals surface area contributed by atoms with E-state index in [1.54, 1.807) is 4.74 Å². The summed E-state index contributed by atoms with van der Waals surface area (Å²) in [4.78, 5) is 17.1. The molecule has 6 nitrogen and oxygen atoms in total. The first kappa shape index (κ1) is 27.9. The molecule has 1 heterocycles. The summed E-state index contributed by atoms with van der Waals surface area (Å²) in [7, 11) is -0.0275. The number of ether oxygens (including phenoxy) is 1. The van der Waals surface area contributed by atoms with Gasteiger partial charge in [-0.15, -0.1) is 4.90 Å². The molecular weight excluding hydrogens is 502 g/mol. The van der Waals surface area contributed by atoms with Crippen LogP contribution in [0.3, 0.4) is 0 Å². The predicted octanol–water partition coefficient (Wildman–Crippen LogP) is 3.49. The highest BCUT2D eigenvalue weighted by molar-refractivity contribution is 5.87. The molecule has 1 amide bonds. The van der Waals surface area contributed by atoms with Gasteiger partial charge in [-0.1, -0.05) is 0 Å². The Hall–Kier alpha value is -2.12. The first-order valence-corrected chi connectivity index (χ1v) is 7.45. The van der Waals surface area contributed by atoms with Crippen molar-refractivity contribution in [3.8, 4) is 0 Å². The molecule has 1 unspecified atom stereocenters. The van der Waals surface area contributed by atoms with Gasteiger partial charge in [0.25, 0.3) is 5.91 Å². The third-order valence-corrected chi connectivity index (χ3v) is 3.91. The van der Waals surface area contributed by atoms with Crippen LogP contribution in [0.15, 0.2) is 0 Å². The van der Waals surface area contributed by atoms with Crippen LogP contribution in [0.25, 0.3) is 0 Å². The molecule has 0 bridgehead atoms. The SMILES string of the molecule is CN(CCC(=O)O)C(=O)C(F)(C(F)(F)F)C(F)(F)N1C(F)(F)C(F)(F)OC(F)(F)C1(F)F. The molecule has 32 heavy (non-hydrogen) atoms. The van der Waals surface area contributed by atoms with E-state index in [9.17, 15) is 71.1 Å². The number of morpholine rings is 1. The third-order valence-electron chi connectivity index (χ3n) is 3.91. The van der Waals surface area contributed by atoms with Crippen LogP contribution in [0.1, 0.15) is 6.42 Å². The fourth-order valence-corrected chi connectivity index (χ4v) is 2.28. The number of hydrogen-bond acceptors (Lipinski definition) is 4. The van der Waals surface area contributed by atoms with Crippen LogP contribution in [0.4, 0.5) is 61.5 Å². The summed E-state index contributed by atoms with van der Waals surface area (Å²) in [6.07, 6.45) is -23.0. The van der Waals surface area contributed by atoms with E-state index in [1.165, 1.54) is 0 Å². The highest BCUT2D eigenvalue weighted by Crippen LogP contribution is 2.62. The van der Waals surface area contributed by atoms with Crippen LogP contribution in [0.2, 0.25) is 0 Å². The van der Waals surface area contributed by atoms with Crippen LogP contribution >= 0.6 is 0 Å². The van der Waals surface area contributed by atoms with Crippen molar-refractivity contribution in [3.05, 3.63) is 0 Å². The zero-order valence-corrected chi connectivity index (χ0v) is 14.8. The maximum atomic E-state index is 14.6. The molecule has 0 aromatic heterocycles. The second kappa shape index (κ2) is 7.45. The van der Waals surface area contributed by atoms with Crippen molar-refractivity contribution in [2.45, 2.75) is 48.6 Å². The zero-order valence-electron chi connectivity index (χ0n) is 14.8. The molecule has 1 saturated heterocycles. The fraction of sp³-hybridized carbons (Fsp3) is 0.833. The summed E-state index contributed by atoms with van der Waals surface area (Å²) in [6, 6.07) is -22.8. The van der Waals surface area contributed by atoms with Gasteiger partial charge in [-0.3, -0.25) is 9.59 Å². The average Bonchev–Trinajstić information content (AvgIpc) is 2.53. The van der Waals surface area contributed by atoms with Crippen molar-refractivity contribution in [1.82, 2.24) is 9.80 Å². The van der Waals surface area contributed by atoms with Gasteiger partial charge >= 0.3 is 48.2 Å². The zero-order chi connectivity index (χ0) is 25.9. The van der Waals surface area contributed by atoms with Crippen molar-refractivity contribution >= 4 is 11.9 Å². The maximum Gasteiger partial charge on any atom is 0.439 e. The van der Waals surface area contributed by atoms with Gasteiger partial charge in [0, 0.05) is 13.6 Å². The predicted molar refractivity (Wildman–Crippen MR) is 67.4 cm³/mol. The highest BCUT2D eigenvalue weighted by atomic mass is 19.4. The average molecular weight is 510 g/mol. The summed E-state index contributed by atoms with van der Waals surface area (Å²) in [5.74, 6) is -5.67. The lowest BCUT2D eigenvalue weighted by Gasteiger charge is -2.51. The molecule has 1 atom stereocenters. The van der Waals surface area contributed by atoms with Crippen molar-refractivity contribution in [1.29, 1.82) is 0 Å². The number of carbonyl (C=O) groups is 2. The number of carbonyl (C=O) groups excluding carboxylic acids is 1. The monoisotopic (exact) mass is 510 g/mol. The van der Waals surface area contributed by atoms with Gasteiger partial charge in [0.15, 0.2) is 0 Å². The molecule has 0 aromatic rings. The van der Waals surface area contributed by atoms with Gasteiger partial charge < -0.3 is 10.0 Å². The number of alkyl halides is 14. The van der Waals surface area contributed by atoms with Gasteiger partial charge in [-0.25, -0.2) is 9.13 Å². The van der Waals surface area contributed by atoms with Crippen molar-refractivity contribution in [3.63, 3.8) is 0 Å². The molecule has 1 aliphatic heterocycles. The minimum absolute atomic E-state index is 0.0275.